The molecule has 6 heteroatoms. The van der Waals surface area contributed by atoms with Crippen molar-refractivity contribution in [3.8, 4) is 0 Å². The quantitative estimate of drug-likeness (QED) is 0.0263. The van der Waals surface area contributed by atoms with Crippen molar-refractivity contribution in [2.75, 3.05) is 13.2 Å². The molecule has 0 aliphatic rings. The predicted octanol–water partition coefficient (Wildman–Crippen LogP) is 16.8. The number of hydrogen-bond acceptors (Lipinski definition) is 6. The van der Waals surface area contributed by atoms with Crippen LogP contribution >= 0.6 is 0 Å². The predicted molar refractivity (Wildman–Crippen MR) is 252 cm³/mol. The van der Waals surface area contributed by atoms with E-state index in [2.05, 4.69) is 45.1 Å². The first-order valence-electron chi connectivity index (χ1n) is 25.8. The van der Waals surface area contributed by atoms with Crippen molar-refractivity contribution in [2.45, 2.75) is 284 Å². The van der Waals surface area contributed by atoms with Gasteiger partial charge in [0, 0.05) is 19.3 Å². The minimum absolute atomic E-state index is 0.0723. The highest BCUT2D eigenvalue weighted by Crippen LogP contribution is 2.16. The standard InChI is InChI=1S/C53H98O6/c1-4-7-10-13-16-19-22-24-25-26-27-28-29-32-34-37-40-43-46-52(55)58-49-50(48-57-51(54)45-42-39-36-33-30-21-18-15-12-9-6-3)59-53(56)47-44-41-38-35-31-23-20-17-14-11-8-5-2/h8,11,17,20,50H,4-7,9-10,12-16,18-19,21-49H2,1-3H3/b11-8-,20-17-. The lowest BCUT2D eigenvalue weighted by Gasteiger charge is -2.18. The van der Waals surface area contributed by atoms with Crippen LogP contribution in [0.3, 0.4) is 0 Å². The summed E-state index contributed by atoms with van der Waals surface area (Å²) in [5, 5.41) is 0. The van der Waals surface area contributed by atoms with E-state index in [1.54, 1.807) is 0 Å². The second-order valence-electron chi connectivity index (χ2n) is 17.4. The lowest BCUT2D eigenvalue weighted by Crippen LogP contribution is -2.30. The fourth-order valence-corrected chi connectivity index (χ4v) is 7.60. The van der Waals surface area contributed by atoms with Gasteiger partial charge in [0.25, 0.3) is 0 Å². The van der Waals surface area contributed by atoms with Crippen LogP contribution in [0.25, 0.3) is 0 Å². The minimum atomic E-state index is -0.771. The summed E-state index contributed by atoms with van der Waals surface area (Å²) in [6.07, 6.45) is 54.5. The van der Waals surface area contributed by atoms with Gasteiger partial charge in [-0.05, 0) is 44.9 Å². The number of carbonyl (C=O) groups excluding carboxylic acids is 3. The van der Waals surface area contributed by atoms with Gasteiger partial charge in [0.2, 0.25) is 0 Å². The molecule has 0 radical (unpaired) electrons. The SMILES string of the molecule is CC/C=C\C/C=C\CCCCCCCC(=O)OC(COC(=O)CCCCCCCCCCCCC)COC(=O)CCCCCCCCCCCCCCCCCCCC. The van der Waals surface area contributed by atoms with Crippen molar-refractivity contribution in [3.05, 3.63) is 24.3 Å². The largest absolute Gasteiger partial charge is 0.462 e. The lowest BCUT2D eigenvalue weighted by molar-refractivity contribution is -0.167. The molecule has 0 saturated heterocycles. The summed E-state index contributed by atoms with van der Waals surface area (Å²) in [6.45, 7) is 6.54. The Morgan fingerprint density at radius 1 is 0.356 bits per heavy atom. The number of ether oxygens (including phenoxy) is 3. The van der Waals surface area contributed by atoms with Gasteiger partial charge in [0.15, 0.2) is 6.10 Å². The Labute approximate surface area is 366 Å². The summed E-state index contributed by atoms with van der Waals surface area (Å²) in [5.41, 5.74) is 0. The van der Waals surface area contributed by atoms with Crippen LogP contribution in [0.15, 0.2) is 24.3 Å². The highest BCUT2D eigenvalue weighted by atomic mass is 16.6. The number of esters is 3. The maximum absolute atomic E-state index is 12.7. The summed E-state index contributed by atoms with van der Waals surface area (Å²) >= 11 is 0. The summed E-state index contributed by atoms with van der Waals surface area (Å²) < 4.78 is 16.8. The van der Waals surface area contributed by atoms with Crippen LogP contribution in [0.4, 0.5) is 0 Å². The molecule has 59 heavy (non-hydrogen) atoms. The highest BCUT2D eigenvalue weighted by Gasteiger charge is 2.19. The average Bonchev–Trinajstić information content (AvgIpc) is 3.23. The van der Waals surface area contributed by atoms with Gasteiger partial charge in [-0.2, -0.15) is 0 Å². The van der Waals surface area contributed by atoms with E-state index in [0.29, 0.717) is 19.3 Å². The molecule has 0 bridgehead atoms. The summed E-state index contributed by atoms with van der Waals surface area (Å²) in [4.78, 5) is 37.9. The third kappa shape index (κ3) is 46.8. The lowest BCUT2D eigenvalue weighted by atomic mass is 10.0. The summed E-state index contributed by atoms with van der Waals surface area (Å²) in [7, 11) is 0. The molecule has 6 nitrogen and oxygen atoms in total. The first kappa shape index (κ1) is 56.9. The molecule has 0 aromatic rings. The number of rotatable bonds is 47. The molecule has 0 heterocycles. The fraction of sp³-hybridized carbons (Fsp3) is 0.868. The molecule has 0 rings (SSSR count). The van der Waals surface area contributed by atoms with Gasteiger partial charge in [-0.15, -0.1) is 0 Å². The average molecular weight is 831 g/mol. The van der Waals surface area contributed by atoms with E-state index in [4.69, 9.17) is 14.2 Å². The van der Waals surface area contributed by atoms with Crippen LogP contribution in [-0.2, 0) is 28.6 Å². The molecule has 0 saturated carbocycles. The van der Waals surface area contributed by atoms with Gasteiger partial charge in [0.1, 0.15) is 13.2 Å². The topological polar surface area (TPSA) is 78.9 Å². The maximum Gasteiger partial charge on any atom is 0.306 e. The molecular weight excluding hydrogens is 733 g/mol. The Morgan fingerprint density at radius 2 is 0.661 bits per heavy atom. The second-order valence-corrected chi connectivity index (χ2v) is 17.4. The van der Waals surface area contributed by atoms with Gasteiger partial charge in [-0.3, -0.25) is 14.4 Å². The van der Waals surface area contributed by atoms with E-state index < -0.39 is 6.10 Å². The Hall–Kier alpha value is -2.11. The van der Waals surface area contributed by atoms with E-state index in [1.807, 2.05) is 0 Å². The molecule has 0 aromatic heterocycles. The first-order chi connectivity index (χ1) is 29.0. The third-order valence-electron chi connectivity index (χ3n) is 11.5. The van der Waals surface area contributed by atoms with Crippen molar-refractivity contribution in [3.63, 3.8) is 0 Å². The summed E-state index contributed by atoms with van der Waals surface area (Å²) in [5.74, 6) is -0.875. The Bertz CT molecular complexity index is 958. The molecule has 0 N–H and O–H groups in total. The van der Waals surface area contributed by atoms with Gasteiger partial charge in [-0.1, -0.05) is 238 Å². The normalized spacial score (nSPS) is 12.1. The van der Waals surface area contributed by atoms with Crippen LogP contribution in [0.2, 0.25) is 0 Å². The molecule has 0 aliphatic heterocycles. The molecule has 0 amide bonds. The van der Waals surface area contributed by atoms with Crippen LogP contribution in [0.5, 0.6) is 0 Å². The zero-order chi connectivity index (χ0) is 43.0. The molecule has 1 atom stereocenters. The molecule has 1 unspecified atom stereocenters. The van der Waals surface area contributed by atoms with Crippen LogP contribution in [0, 0.1) is 0 Å². The van der Waals surface area contributed by atoms with Crippen molar-refractivity contribution >= 4 is 17.9 Å². The van der Waals surface area contributed by atoms with Crippen molar-refractivity contribution in [1.82, 2.24) is 0 Å². The molecule has 0 spiro atoms. The van der Waals surface area contributed by atoms with E-state index in [9.17, 15) is 14.4 Å². The smallest absolute Gasteiger partial charge is 0.306 e. The van der Waals surface area contributed by atoms with Crippen molar-refractivity contribution < 1.29 is 28.6 Å². The molecule has 346 valence electrons. The fourth-order valence-electron chi connectivity index (χ4n) is 7.60. The van der Waals surface area contributed by atoms with Gasteiger partial charge in [-0.25, -0.2) is 0 Å². The monoisotopic (exact) mass is 831 g/mol. The van der Waals surface area contributed by atoms with E-state index in [-0.39, 0.29) is 31.1 Å². The molecular formula is C53H98O6. The molecule has 0 fully saturated rings. The number of hydrogen-bond donors (Lipinski definition) is 0. The van der Waals surface area contributed by atoms with Gasteiger partial charge < -0.3 is 14.2 Å². The Kier molecular flexibility index (Phi) is 46.8. The van der Waals surface area contributed by atoms with E-state index >= 15 is 0 Å². The summed E-state index contributed by atoms with van der Waals surface area (Å²) in [6, 6.07) is 0. The zero-order valence-corrected chi connectivity index (χ0v) is 39.5. The van der Waals surface area contributed by atoms with Gasteiger partial charge in [0.05, 0.1) is 0 Å². The minimum Gasteiger partial charge on any atom is -0.462 e. The molecule has 0 aliphatic carbocycles. The zero-order valence-electron chi connectivity index (χ0n) is 39.5. The van der Waals surface area contributed by atoms with E-state index in [0.717, 1.165) is 89.9 Å². The highest BCUT2D eigenvalue weighted by molar-refractivity contribution is 5.71. The number of unbranched alkanes of at least 4 members (excludes halogenated alkanes) is 32. The maximum atomic E-state index is 12.7. The molecule has 0 aromatic carbocycles. The Morgan fingerprint density at radius 3 is 1.02 bits per heavy atom. The van der Waals surface area contributed by atoms with Crippen molar-refractivity contribution in [1.29, 1.82) is 0 Å². The van der Waals surface area contributed by atoms with Crippen LogP contribution in [0.1, 0.15) is 278 Å². The van der Waals surface area contributed by atoms with Crippen molar-refractivity contribution in [2.24, 2.45) is 0 Å². The first-order valence-corrected chi connectivity index (χ1v) is 25.8. The van der Waals surface area contributed by atoms with Crippen LogP contribution < -0.4 is 0 Å². The van der Waals surface area contributed by atoms with Gasteiger partial charge >= 0.3 is 17.9 Å². The number of carbonyl (C=O) groups is 3. The third-order valence-corrected chi connectivity index (χ3v) is 11.5. The Balaban J connectivity index is 4.28. The van der Waals surface area contributed by atoms with E-state index in [1.165, 1.54) is 148 Å². The second kappa shape index (κ2) is 48.6. The number of allylic oxidation sites excluding steroid dienone is 4. The van der Waals surface area contributed by atoms with Crippen LogP contribution in [-0.4, -0.2) is 37.2 Å².